The maximum absolute atomic E-state index is 12.0. The summed E-state index contributed by atoms with van der Waals surface area (Å²) >= 11 is 0. The summed E-state index contributed by atoms with van der Waals surface area (Å²) in [6, 6.07) is 0. The molecule has 0 radical (unpaired) electrons. The standard InChI is InChI=1S/C40H78O2/c1-4-6-8-10-12-14-15-16-19-22-26-30-34-38-42-40(41)37-33-29-25-21-18-17-20-24-28-32-36-39(3)35-31-27-23-13-11-9-7-5-2/h31,35,39H,4-30,32-34,36-38H2,1-3H3. The Morgan fingerprint density at radius 3 is 1.36 bits per heavy atom. The first-order chi connectivity index (χ1) is 20.7. The van der Waals surface area contributed by atoms with E-state index < -0.39 is 0 Å². The topological polar surface area (TPSA) is 26.3 Å². The third kappa shape index (κ3) is 35.4. The Morgan fingerprint density at radius 2 is 0.881 bits per heavy atom. The molecule has 0 aliphatic heterocycles. The lowest BCUT2D eigenvalue weighted by molar-refractivity contribution is -0.143. The van der Waals surface area contributed by atoms with Gasteiger partial charge in [-0.1, -0.05) is 200 Å². The van der Waals surface area contributed by atoms with E-state index in [0.29, 0.717) is 13.0 Å². The van der Waals surface area contributed by atoms with Crippen molar-refractivity contribution >= 4 is 5.97 Å². The first-order valence-electron chi connectivity index (χ1n) is 19.5. The summed E-state index contributed by atoms with van der Waals surface area (Å²) in [6.07, 6.45) is 47.2. The minimum Gasteiger partial charge on any atom is -0.466 e. The predicted molar refractivity (Wildman–Crippen MR) is 188 cm³/mol. The fourth-order valence-corrected chi connectivity index (χ4v) is 6.00. The molecule has 0 amide bonds. The zero-order valence-corrected chi connectivity index (χ0v) is 29.4. The molecule has 2 nitrogen and oxygen atoms in total. The first kappa shape index (κ1) is 41.2. The molecule has 0 bridgehead atoms. The fraction of sp³-hybridized carbons (Fsp3) is 0.925. The van der Waals surface area contributed by atoms with Gasteiger partial charge in [0.1, 0.15) is 0 Å². The van der Waals surface area contributed by atoms with E-state index in [1.165, 1.54) is 186 Å². The smallest absolute Gasteiger partial charge is 0.305 e. The molecule has 2 heteroatoms. The lowest BCUT2D eigenvalue weighted by atomic mass is 10.00. The predicted octanol–water partition coefficient (Wildman–Crippen LogP) is 14.2. The van der Waals surface area contributed by atoms with Crippen molar-refractivity contribution in [3.63, 3.8) is 0 Å². The Hall–Kier alpha value is -0.790. The lowest BCUT2D eigenvalue weighted by Crippen LogP contribution is -2.05. The molecule has 250 valence electrons. The molecule has 0 saturated heterocycles. The zero-order valence-electron chi connectivity index (χ0n) is 29.4. The van der Waals surface area contributed by atoms with Crippen LogP contribution in [0.4, 0.5) is 0 Å². The maximum atomic E-state index is 12.0. The highest BCUT2D eigenvalue weighted by atomic mass is 16.5. The van der Waals surface area contributed by atoms with Gasteiger partial charge in [-0.2, -0.15) is 0 Å². The highest BCUT2D eigenvalue weighted by Gasteiger charge is 2.03. The number of carbonyl (C=O) groups is 1. The van der Waals surface area contributed by atoms with Crippen molar-refractivity contribution in [2.45, 2.75) is 226 Å². The van der Waals surface area contributed by atoms with Crippen LogP contribution in [0.2, 0.25) is 0 Å². The molecule has 42 heavy (non-hydrogen) atoms. The second-order valence-electron chi connectivity index (χ2n) is 13.5. The highest BCUT2D eigenvalue weighted by molar-refractivity contribution is 5.69. The molecule has 0 aliphatic rings. The second-order valence-corrected chi connectivity index (χ2v) is 13.5. The molecule has 0 spiro atoms. The number of rotatable bonds is 35. The quantitative estimate of drug-likeness (QED) is 0.0417. The monoisotopic (exact) mass is 591 g/mol. The highest BCUT2D eigenvalue weighted by Crippen LogP contribution is 2.16. The van der Waals surface area contributed by atoms with Crippen LogP contribution in [0.3, 0.4) is 0 Å². The van der Waals surface area contributed by atoms with E-state index in [1.54, 1.807) is 0 Å². The number of hydrogen-bond donors (Lipinski definition) is 0. The Bertz CT molecular complexity index is 540. The van der Waals surface area contributed by atoms with Crippen molar-refractivity contribution < 1.29 is 9.53 Å². The second kappa shape index (κ2) is 36.4. The molecule has 1 atom stereocenters. The summed E-state index contributed by atoms with van der Waals surface area (Å²) in [5.41, 5.74) is 0. The van der Waals surface area contributed by atoms with Crippen molar-refractivity contribution in [2.24, 2.45) is 5.92 Å². The van der Waals surface area contributed by atoms with Crippen LogP contribution < -0.4 is 0 Å². The van der Waals surface area contributed by atoms with E-state index in [1.807, 2.05) is 0 Å². The fourth-order valence-electron chi connectivity index (χ4n) is 6.00. The van der Waals surface area contributed by atoms with Crippen LogP contribution in [-0.2, 0) is 9.53 Å². The summed E-state index contributed by atoms with van der Waals surface area (Å²) in [5, 5.41) is 0. The number of carbonyl (C=O) groups excluding carboxylic acids is 1. The minimum absolute atomic E-state index is 0.0246. The van der Waals surface area contributed by atoms with Gasteiger partial charge in [0.2, 0.25) is 0 Å². The minimum atomic E-state index is 0.0246. The Kier molecular flexibility index (Phi) is 35.7. The average molecular weight is 591 g/mol. The normalized spacial score (nSPS) is 12.4. The van der Waals surface area contributed by atoms with E-state index in [0.717, 1.165) is 18.8 Å². The Morgan fingerprint density at radius 1 is 0.500 bits per heavy atom. The summed E-state index contributed by atoms with van der Waals surface area (Å²) in [5.74, 6) is 0.776. The van der Waals surface area contributed by atoms with Crippen LogP contribution in [0.15, 0.2) is 12.2 Å². The van der Waals surface area contributed by atoms with Crippen molar-refractivity contribution in [3.05, 3.63) is 12.2 Å². The van der Waals surface area contributed by atoms with Gasteiger partial charge in [0.15, 0.2) is 0 Å². The van der Waals surface area contributed by atoms with Gasteiger partial charge < -0.3 is 4.74 Å². The molecule has 0 aromatic carbocycles. The molecule has 0 aliphatic carbocycles. The van der Waals surface area contributed by atoms with Gasteiger partial charge in [0, 0.05) is 6.42 Å². The summed E-state index contributed by atoms with van der Waals surface area (Å²) in [6.45, 7) is 7.59. The van der Waals surface area contributed by atoms with Gasteiger partial charge in [-0.15, -0.1) is 0 Å². The van der Waals surface area contributed by atoms with Crippen LogP contribution in [-0.4, -0.2) is 12.6 Å². The molecule has 0 N–H and O–H groups in total. The van der Waals surface area contributed by atoms with Crippen molar-refractivity contribution in [1.29, 1.82) is 0 Å². The van der Waals surface area contributed by atoms with E-state index in [2.05, 4.69) is 32.9 Å². The summed E-state index contributed by atoms with van der Waals surface area (Å²) < 4.78 is 5.45. The van der Waals surface area contributed by atoms with Crippen molar-refractivity contribution in [2.75, 3.05) is 6.61 Å². The number of ether oxygens (including phenoxy) is 1. The average Bonchev–Trinajstić information content (AvgIpc) is 2.99. The van der Waals surface area contributed by atoms with Crippen LogP contribution in [0, 0.1) is 5.92 Å². The van der Waals surface area contributed by atoms with Crippen LogP contribution >= 0.6 is 0 Å². The number of hydrogen-bond acceptors (Lipinski definition) is 2. The third-order valence-corrected chi connectivity index (χ3v) is 8.99. The van der Waals surface area contributed by atoms with Crippen LogP contribution in [0.25, 0.3) is 0 Å². The SMILES string of the molecule is CCCCCCCCC=CC(C)CCCCCCCCCCCCC(=O)OCCCCCCCCCCCCCCC. The molecule has 0 heterocycles. The largest absolute Gasteiger partial charge is 0.466 e. The van der Waals surface area contributed by atoms with Crippen LogP contribution in [0.5, 0.6) is 0 Å². The van der Waals surface area contributed by atoms with E-state index in [9.17, 15) is 4.79 Å². The molecular weight excluding hydrogens is 512 g/mol. The van der Waals surface area contributed by atoms with E-state index in [4.69, 9.17) is 4.74 Å². The Balaban J connectivity index is 3.25. The van der Waals surface area contributed by atoms with Gasteiger partial charge in [-0.3, -0.25) is 4.79 Å². The molecule has 0 saturated carbocycles. The number of allylic oxidation sites excluding steroid dienone is 2. The van der Waals surface area contributed by atoms with Gasteiger partial charge in [0.05, 0.1) is 6.61 Å². The Labute approximate surface area is 266 Å². The maximum Gasteiger partial charge on any atom is 0.305 e. The lowest BCUT2D eigenvalue weighted by Gasteiger charge is -2.07. The van der Waals surface area contributed by atoms with E-state index in [-0.39, 0.29) is 5.97 Å². The number of esters is 1. The van der Waals surface area contributed by atoms with Crippen molar-refractivity contribution in [1.82, 2.24) is 0 Å². The molecule has 0 aromatic heterocycles. The molecule has 0 fully saturated rings. The zero-order chi connectivity index (χ0) is 30.6. The number of unbranched alkanes of at least 4 members (excludes halogenated alkanes) is 27. The van der Waals surface area contributed by atoms with Gasteiger partial charge in [-0.05, 0) is 38.0 Å². The van der Waals surface area contributed by atoms with E-state index >= 15 is 0 Å². The summed E-state index contributed by atoms with van der Waals surface area (Å²) in [4.78, 5) is 12.0. The first-order valence-corrected chi connectivity index (χ1v) is 19.5. The van der Waals surface area contributed by atoms with Crippen LogP contribution in [0.1, 0.15) is 226 Å². The van der Waals surface area contributed by atoms with Gasteiger partial charge in [0.25, 0.3) is 0 Å². The molecular formula is C40H78O2. The van der Waals surface area contributed by atoms with Gasteiger partial charge >= 0.3 is 5.97 Å². The molecule has 0 rings (SSSR count). The third-order valence-electron chi connectivity index (χ3n) is 8.99. The molecule has 0 aromatic rings. The van der Waals surface area contributed by atoms with Crippen molar-refractivity contribution in [3.8, 4) is 0 Å². The molecule has 1 unspecified atom stereocenters. The summed E-state index contributed by atoms with van der Waals surface area (Å²) in [7, 11) is 0. The van der Waals surface area contributed by atoms with Gasteiger partial charge in [-0.25, -0.2) is 0 Å².